The molecule has 0 N–H and O–H groups in total. The first-order valence-electron chi connectivity index (χ1n) is 10.0. The van der Waals surface area contributed by atoms with Crippen molar-refractivity contribution in [1.29, 1.82) is 0 Å². The molecule has 2 aliphatic carbocycles. The van der Waals surface area contributed by atoms with Crippen LogP contribution >= 0.6 is 0 Å². The molecule has 0 aromatic heterocycles. The van der Waals surface area contributed by atoms with Gasteiger partial charge < -0.3 is 0 Å². The minimum atomic E-state index is 0.0501. The van der Waals surface area contributed by atoms with Crippen LogP contribution in [0.3, 0.4) is 0 Å². The Morgan fingerprint density at radius 2 is 0.964 bits per heavy atom. The van der Waals surface area contributed by atoms with E-state index >= 15 is 0 Å². The highest BCUT2D eigenvalue weighted by Crippen LogP contribution is 2.31. The number of fused-ring (bicyclic) bond motifs is 2. The van der Waals surface area contributed by atoms with E-state index in [1.54, 1.807) is 0 Å². The standard InChI is InChI=1S/C26H22O2/c27-25-21(15-19-5-1-3-7-23(19)25)13-17-9-11-18(12-10-17)14-22-16-20-6-2-4-8-24(20)26(22)28/h1-12,21-22H,13-16H2. The Labute approximate surface area is 165 Å². The lowest BCUT2D eigenvalue weighted by Crippen LogP contribution is -2.13. The highest BCUT2D eigenvalue weighted by Gasteiger charge is 2.31. The van der Waals surface area contributed by atoms with Crippen molar-refractivity contribution in [3.63, 3.8) is 0 Å². The van der Waals surface area contributed by atoms with Crippen LogP contribution < -0.4 is 0 Å². The van der Waals surface area contributed by atoms with Crippen LogP contribution in [0.5, 0.6) is 0 Å². The van der Waals surface area contributed by atoms with Gasteiger partial charge >= 0.3 is 0 Å². The third-order valence-corrected chi connectivity index (χ3v) is 6.23. The predicted molar refractivity (Wildman–Crippen MR) is 110 cm³/mol. The van der Waals surface area contributed by atoms with Gasteiger partial charge in [-0.25, -0.2) is 0 Å². The molecule has 2 aliphatic rings. The minimum absolute atomic E-state index is 0.0501. The van der Waals surface area contributed by atoms with Crippen molar-refractivity contribution in [3.05, 3.63) is 106 Å². The second-order valence-electron chi connectivity index (χ2n) is 8.07. The van der Waals surface area contributed by atoms with Crippen molar-refractivity contribution < 1.29 is 9.59 Å². The van der Waals surface area contributed by atoms with Gasteiger partial charge in [-0.15, -0.1) is 0 Å². The first-order chi connectivity index (χ1) is 13.7. The third-order valence-electron chi connectivity index (χ3n) is 6.23. The van der Waals surface area contributed by atoms with Gasteiger partial charge in [0, 0.05) is 23.0 Å². The molecule has 0 radical (unpaired) electrons. The van der Waals surface area contributed by atoms with Crippen molar-refractivity contribution in [2.24, 2.45) is 11.8 Å². The van der Waals surface area contributed by atoms with Crippen LogP contribution in [0.4, 0.5) is 0 Å². The second-order valence-corrected chi connectivity index (χ2v) is 8.07. The molecular formula is C26H22O2. The molecule has 0 saturated heterocycles. The van der Waals surface area contributed by atoms with Gasteiger partial charge in [0.15, 0.2) is 11.6 Å². The van der Waals surface area contributed by atoms with E-state index in [1.165, 1.54) is 22.3 Å². The Morgan fingerprint density at radius 3 is 1.36 bits per heavy atom. The molecule has 2 nitrogen and oxygen atoms in total. The number of rotatable bonds is 4. The van der Waals surface area contributed by atoms with Crippen molar-refractivity contribution >= 4 is 11.6 Å². The zero-order chi connectivity index (χ0) is 19.1. The van der Waals surface area contributed by atoms with Crippen molar-refractivity contribution in [2.45, 2.75) is 25.7 Å². The zero-order valence-electron chi connectivity index (χ0n) is 15.7. The van der Waals surface area contributed by atoms with Crippen LogP contribution in [-0.4, -0.2) is 11.6 Å². The molecule has 0 heterocycles. The summed E-state index contributed by atoms with van der Waals surface area (Å²) in [7, 11) is 0. The van der Waals surface area contributed by atoms with E-state index in [0.29, 0.717) is 0 Å². The summed E-state index contributed by atoms with van der Waals surface area (Å²) < 4.78 is 0. The number of benzene rings is 3. The Balaban J connectivity index is 1.25. The Kier molecular flexibility index (Phi) is 4.20. The highest BCUT2D eigenvalue weighted by atomic mass is 16.1. The summed E-state index contributed by atoms with van der Waals surface area (Å²) in [6, 6.07) is 24.4. The molecule has 2 heteroatoms. The molecule has 2 unspecified atom stereocenters. The van der Waals surface area contributed by atoms with Crippen LogP contribution in [-0.2, 0) is 25.7 Å². The summed E-state index contributed by atoms with van der Waals surface area (Å²) in [6.45, 7) is 0. The average Bonchev–Trinajstić information content (AvgIpc) is 3.21. The summed E-state index contributed by atoms with van der Waals surface area (Å²) >= 11 is 0. The number of Topliss-reactive ketones (excluding diaryl/α,β-unsaturated/α-hetero) is 2. The normalized spacial score (nSPS) is 20.3. The molecule has 0 fully saturated rings. The maximum Gasteiger partial charge on any atom is 0.166 e. The smallest absolute Gasteiger partial charge is 0.166 e. The van der Waals surface area contributed by atoms with Crippen LogP contribution in [0.1, 0.15) is 43.0 Å². The lowest BCUT2D eigenvalue weighted by atomic mass is 9.92. The fourth-order valence-corrected chi connectivity index (χ4v) is 4.74. The van der Waals surface area contributed by atoms with Crippen LogP contribution in [0.25, 0.3) is 0 Å². The molecule has 3 aromatic carbocycles. The summed E-state index contributed by atoms with van der Waals surface area (Å²) in [5.41, 5.74) is 6.51. The highest BCUT2D eigenvalue weighted by molar-refractivity contribution is 6.03. The molecule has 0 bridgehead atoms. The van der Waals surface area contributed by atoms with Gasteiger partial charge in [-0.2, -0.15) is 0 Å². The lowest BCUT2D eigenvalue weighted by Gasteiger charge is -2.11. The topological polar surface area (TPSA) is 34.1 Å². The molecule has 138 valence electrons. The van der Waals surface area contributed by atoms with Crippen LogP contribution in [0.15, 0.2) is 72.8 Å². The third kappa shape index (κ3) is 2.99. The first kappa shape index (κ1) is 17.1. The van der Waals surface area contributed by atoms with E-state index in [-0.39, 0.29) is 23.4 Å². The van der Waals surface area contributed by atoms with Crippen molar-refractivity contribution in [2.75, 3.05) is 0 Å². The fourth-order valence-electron chi connectivity index (χ4n) is 4.74. The second kappa shape index (κ2) is 6.87. The van der Waals surface area contributed by atoms with E-state index in [4.69, 9.17) is 0 Å². The van der Waals surface area contributed by atoms with E-state index in [0.717, 1.165) is 36.8 Å². The first-order valence-corrected chi connectivity index (χ1v) is 10.0. The van der Waals surface area contributed by atoms with Crippen molar-refractivity contribution in [3.8, 4) is 0 Å². The predicted octanol–water partition coefficient (Wildman–Crippen LogP) is 4.88. The summed E-state index contributed by atoms with van der Waals surface area (Å²) in [4.78, 5) is 25.2. The molecular weight excluding hydrogens is 344 g/mol. The molecule has 2 atom stereocenters. The Hall–Kier alpha value is -3.00. The average molecular weight is 366 g/mol. The molecule has 28 heavy (non-hydrogen) atoms. The van der Waals surface area contributed by atoms with E-state index in [2.05, 4.69) is 36.4 Å². The number of carbonyl (C=O) groups is 2. The van der Waals surface area contributed by atoms with Gasteiger partial charge in [0.2, 0.25) is 0 Å². The maximum absolute atomic E-state index is 12.6. The van der Waals surface area contributed by atoms with Crippen LogP contribution in [0.2, 0.25) is 0 Å². The molecule has 5 rings (SSSR count). The van der Waals surface area contributed by atoms with Gasteiger partial charge in [-0.1, -0.05) is 72.8 Å². The molecule has 0 aliphatic heterocycles. The summed E-state index contributed by atoms with van der Waals surface area (Å²) in [5.74, 6) is 0.645. The van der Waals surface area contributed by atoms with Gasteiger partial charge in [0.1, 0.15) is 0 Å². The molecule has 0 amide bonds. The summed E-state index contributed by atoms with van der Waals surface area (Å²) in [5, 5.41) is 0. The number of carbonyl (C=O) groups excluding carboxylic acids is 2. The largest absolute Gasteiger partial charge is 0.294 e. The van der Waals surface area contributed by atoms with E-state index in [1.807, 2.05) is 36.4 Å². The van der Waals surface area contributed by atoms with E-state index < -0.39 is 0 Å². The Morgan fingerprint density at radius 1 is 0.571 bits per heavy atom. The van der Waals surface area contributed by atoms with Gasteiger partial charge in [0.05, 0.1) is 0 Å². The zero-order valence-corrected chi connectivity index (χ0v) is 15.7. The maximum atomic E-state index is 12.6. The van der Waals surface area contributed by atoms with Gasteiger partial charge in [0.25, 0.3) is 0 Å². The number of hydrogen-bond donors (Lipinski definition) is 0. The van der Waals surface area contributed by atoms with Gasteiger partial charge in [-0.3, -0.25) is 9.59 Å². The number of ketones is 2. The summed E-state index contributed by atoms with van der Waals surface area (Å²) in [6.07, 6.45) is 3.24. The molecule has 0 spiro atoms. The molecule has 0 saturated carbocycles. The van der Waals surface area contributed by atoms with Gasteiger partial charge in [-0.05, 0) is 47.9 Å². The van der Waals surface area contributed by atoms with E-state index in [9.17, 15) is 9.59 Å². The van der Waals surface area contributed by atoms with Crippen LogP contribution in [0, 0.1) is 11.8 Å². The SMILES string of the molecule is O=C1c2ccccc2CC1Cc1ccc(CC2Cc3ccccc3C2=O)cc1. The monoisotopic (exact) mass is 366 g/mol. The molecule has 3 aromatic rings. The minimum Gasteiger partial charge on any atom is -0.294 e. The Bertz CT molecular complexity index is 975. The lowest BCUT2D eigenvalue weighted by molar-refractivity contribution is 0.0928. The quantitative estimate of drug-likeness (QED) is 0.659. The fraction of sp³-hybridized carbons (Fsp3) is 0.231. The number of hydrogen-bond acceptors (Lipinski definition) is 2. The van der Waals surface area contributed by atoms with Crippen molar-refractivity contribution in [1.82, 2.24) is 0 Å².